The molecule has 0 spiro atoms. The van der Waals surface area contributed by atoms with E-state index in [0.29, 0.717) is 36.0 Å². The number of ether oxygens (including phenoxy) is 2. The predicted octanol–water partition coefficient (Wildman–Crippen LogP) is 8.22. The molecule has 4 aromatic carbocycles. The Balaban J connectivity index is 1.34. The quantitative estimate of drug-likeness (QED) is 0.149. The van der Waals surface area contributed by atoms with Crippen LogP contribution in [0.1, 0.15) is 22.3 Å². The van der Waals surface area contributed by atoms with Crippen LogP contribution in [0.4, 0.5) is 5.69 Å². The molecule has 0 atom stereocenters. The summed E-state index contributed by atoms with van der Waals surface area (Å²) in [5.74, 6) is 0.858. The molecule has 4 aromatic rings. The van der Waals surface area contributed by atoms with Gasteiger partial charge in [0.2, 0.25) is 0 Å². The number of halogens is 2. The zero-order valence-electron chi connectivity index (χ0n) is 20.6. The fourth-order valence-electron chi connectivity index (χ4n) is 3.46. The maximum absolute atomic E-state index is 12.7. The van der Waals surface area contributed by atoms with Crippen molar-refractivity contribution in [1.82, 2.24) is 0 Å². The molecule has 7 heteroatoms. The Morgan fingerprint density at radius 2 is 1.50 bits per heavy atom. The summed E-state index contributed by atoms with van der Waals surface area (Å²) in [6.45, 7) is 2.92. The number of carbonyl (C=O) groups is 1. The Morgan fingerprint density at radius 3 is 2.13 bits per heavy atom. The average molecular weight is 632 g/mol. The van der Waals surface area contributed by atoms with Crippen molar-refractivity contribution in [2.24, 2.45) is 0 Å². The van der Waals surface area contributed by atoms with Crippen molar-refractivity contribution in [3.8, 4) is 17.6 Å². The Kier molecular flexibility index (Phi) is 9.36. The van der Waals surface area contributed by atoms with Gasteiger partial charge in [-0.1, -0.05) is 64.0 Å². The molecule has 0 aliphatic carbocycles. The van der Waals surface area contributed by atoms with Gasteiger partial charge >= 0.3 is 0 Å². The third-order valence-electron chi connectivity index (χ3n) is 5.58. The highest BCUT2D eigenvalue weighted by Gasteiger charge is 2.11. The normalized spacial score (nSPS) is 10.9. The Labute approximate surface area is 239 Å². The van der Waals surface area contributed by atoms with E-state index in [2.05, 4.69) is 37.2 Å². The first-order valence-electron chi connectivity index (χ1n) is 11.8. The van der Waals surface area contributed by atoms with E-state index < -0.39 is 5.91 Å². The molecule has 190 valence electrons. The Morgan fingerprint density at radius 1 is 0.868 bits per heavy atom. The zero-order chi connectivity index (χ0) is 26.9. The lowest BCUT2D eigenvalue weighted by atomic mass is 10.1. The maximum atomic E-state index is 12.7. The van der Waals surface area contributed by atoms with Crippen molar-refractivity contribution in [1.29, 1.82) is 5.26 Å². The van der Waals surface area contributed by atoms with E-state index in [1.807, 2.05) is 73.7 Å². The first-order chi connectivity index (χ1) is 18.4. The lowest BCUT2D eigenvalue weighted by molar-refractivity contribution is -0.112. The van der Waals surface area contributed by atoms with Crippen LogP contribution in [0.25, 0.3) is 6.08 Å². The van der Waals surface area contributed by atoms with Crippen molar-refractivity contribution >= 4 is 49.5 Å². The number of hydrogen-bond donors (Lipinski definition) is 1. The van der Waals surface area contributed by atoms with Crippen molar-refractivity contribution in [2.45, 2.75) is 20.1 Å². The lowest BCUT2D eigenvalue weighted by Gasteiger charge is -2.10. The number of aryl methyl sites for hydroxylation is 1. The second kappa shape index (κ2) is 13.1. The molecule has 0 saturated heterocycles. The van der Waals surface area contributed by atoms with Gasteiger partial charge in [-0.15, -0.1) is 0 Å². The van der Waals surface area contributed by atoms with Crippen molar-refractivity contribution < 1.29 is 14.3 Å². The van der Waals surface area contributed by atoms with Crippen LogP contribution < -0.4 is 14.8 Å². The minimum atomic E-state index is -0.494. The third-order valence-corrected chi connectivity index (χ3v) is 6.73. The molecular weight excluding hydrogens is 608 g/mol. The third kappa shape index (κ3) is 7.82. The first-order valence-corrected chi connectivity index (χ1v) is 13.4. The van der Waals surface area contributed by atoms with Crippen molar-refractivity contribution in [3.63, 3.8) is 0 Å². The number of nitriles is 1. The van der Waals surface area contributed by atoms with Crippen molar-refractivity contribution in [3.05, 3.63) is 128 Å². The van der Waals surface area contributed by atoms with Crippen LogP contribution in [-0.2, 0) is 18.0 Å². The molecule has 0 heterocycles. The smallest absolute Gasteiger partial charge is 0.266 e. The van der Waals surface area contributed by atoms with E-state index in [9.17, 15) is 10.1 Å². The average Bonchev–Trinajstić information content (AvgIpc) is 2.92. The van der Waals surface area contributed by atoms with Gasteiger partial charge in [0.1, 0.15) is 36.4 Å². The largest absolute Gasteiger partial charge is 0.489 e. The summed E-state index contributed by atoms with van der Waals surface area (Å²) in [6.07, 6.45) is 1.54. The van der Waals surface area contributed by atoms with E-state index >= 15 is 0 Å². The summed E-state index contributed by atoms with van der Waals surface area (Å²) in [4.78, 5) is 12.7. The lowest BCUT2D eigenvalue weighted by Crippen LogP contribution is -2.13. The number of anilines is 1. The van der Waals surface area contributed by atoms with Gasteiger partial charge in [-0.25, -0.2) is 0 Å². The summed E-state index contributed by atoms with van der Waals surface area (Å²) >= 11 is 6.94. The Bertz CT molecular complexity index is 1470. The monoisotopic (exact) mass is 630 g/mol. The van der Waals surface area contributed by atoms with Crippen LogP contribution in [0.2, 0.25) is 0 Å². The topological polar surface area (TPSA) is 71.3 Å². The van der Waals surface area contributed by atoms with Crippen LogP contribution in [0.3, 0.4) is 0 Å². The number of benzene rings is 4. The molecule has 0 unspecified atom stereocenters. The highest BCUT2D eigenvalue weighted by molar-refractivity contribution is 9.10. The fourth-order valence-corrected chi connectivity index (χ4v) is 4.24. The Hall–Kier alpha value is -3.86. The highest BCUT2D eigenvalue weighted by atomic mass is 79.9. The van der Waals surface area contributed by atoms with Gasteiger partial charge in [0.05, 0.1) is 4.47 Å². The van der Waals surface area contributed by atoms with E-state index in [0.717, 1.165) is 20.1 Å². The highest BCUT2D eigenvalue weighted by Crippen LogP contribution is 2.28. The summed E-state index contributed by atoms with van der Waals surface area (Å²) in [5.41, 5.74) is 4.56. The maximum Gasteiger partial charge on any atom is 0.266 e. The number of nitrogens with zero attached hydrogens (tertiary/aromatic N) is 1. The molecule has 1 N–H and O–H groups in total. The van der Waals surface area contributed by atoms with Crippen molar-refractivity contribution in [2.75, 3.05) is 5.32 Å². The summed E-state index contributed by atoms with van der Waals surface area (Å²) in [6, 6.07) is 30.5. The van der Waals surface area contributed by atoms with E-state index in [4.69, 9.17) is 9.47 Å². The van der Waals surface area contributed by atoms with Crippen LogP contribution in [0.5, 0.6) is 11.5 Å². The standard InChI is InChI=1S/C31H24Br2N2O3/c1-21-2-4-22(5-3-21)20-38-30-15-8-24(17-29(30)33)16-25(18-34)31(36)35-27-11-13-28(14-12-27)37-19-23-6-9-26(32)10-7-23/h2-17H,19-20H2,1H3,(H,35,36)/b25-16+. The molecular formula is C31H24Br2N2O3. The van der Waals surface area contributed by atoms with Crippen LogP contribution in [0, 0.1) is 18.3 Å². The summed E-state index contributed by atoms with van der Waals surface area (Å²) in [7, 11) is 0. The first kappa shape index (κ1) is 27.2. The molecule has 0 aliphatic heterocycles. The molecule has 4 rings (SSSR count). The predicted molar refractivity (Wildman–Crippen MR) is 157 cm³/mol. The van der Waals surface area contributed by atoms with Gasteiger partial charge in [-0.2, -0.15) is 5.26 Å². The van der Waals surface area contributed by atoms with Gasteiger partial charge in [-0.05, 0) is 94.2 Å². The molecule has 0 bridgehead atoms. The number of rotatable bonds is 9. The fraction of sp³-hybridized carbons (Fsp3) is 0.0968. The summed E-state index contributed by atoms with van der Waals surface area (Å²) in [5, 5.41) is 12.4. The van der Waals surface area contributed by atoms with E-state index in [-0.39, 0.29) is 5.57 Å². The van der Waals surface area contributed by atoms with E-state index in [1.165, 1.54) is 5.56 Å². The zero-order valence-corrected chi connectivity index (χ0v) is 23.8. The summed E-state index contributed by atoms with van der Waals surface area (Å²) < 4.78 is 13.5. The second-order valence-electron chi connectivity index (χ2n) is 8.53. The molecule has 0 radical (unpaired) electrons. The SMILES string of the molecule is Cc1ccc(COc2ccc(/C=C(\C#N)C(=O)Nc3ccc(OCc4ccc(Br)cc4)cc3)cc2Br)cc1. The number of amides is 1. The number of nitrogens with one attached hydrogen (secondary N) is 1. The second-order valence-corrected chi connectivity index (χ2v) is 10.3. The number of hydrogen-bond acceptors (Lipinski definition) is 4. The number of carbonyl (C=O) groups excluding carboxylic acids is 1. The van der Waals surface area contributed by atoms with Crippen LogP contribution >= 0.6 is 31.9 Å². The molecule has 0 aliphatic rings. The molecule has 0 saturated carbocycles. The molecule has 5 nitrogen and oxygen atoms in total. The van der Waals surface area contributed by atoms with Gasteiger partial charge in [-0.3, -0.25) is 4.79 Å². The van der Waals surface area contributed by atoms with Crippen LogP contribution in [0.15, 0.2) is 106 Å². The minimum Gasteiger partial charge on any atom is -0.489 e. The molecule has 0 fully saturated rings. The van der Waals surface area contributed by atoms with E-state index in [1.54, 1.807) is 36.4 Å². The van der Waals surface area contributed by atoms with Gasteiger partial charge < -0.3 is 14.8 Å². The molecule has 1 amide bonds. The van der Waals surface area contributed by atoms with Gasteiger partial charge in [0.25, 0.3) is 5.91 Å². The molecule has 0 aromatic heterocycles. The van der Waals surface area contributed by atoms with Crippen LogP contribution in [-0.4, -0.2) is 5.91 Å². The van der Waals surface area contributed by atoms with Gasteiger partial charge in [0, 0.05) is 10.2 Å². The molecule has 38 heavy (non-hydrogen) atoms. The minimum absolute atomic E-state index is 0.0132. The van der Waals surface area contributed by atoms with Gasteiger partial charge in [0.15, 0.2) is 0 Å².